The second kappa shape index (κ2) is 4.47. The molecule has 0 aliphatic rings. The van der Waals surface area contributed by atoms with Crippen molar-refractivity contribution in [3.8, 4) is 0 Å². The van der Waals surface area contributed by atoms with Crippen molar-refractivity contribution in [3.63, 3.8) is 0 Å². The Balaban J connectivity index is 1.89. The molecule has 4 nitrogen and oxygen atoms in total. The number of H-pyrrole nitrogens is 1. The Morgan fingerprint density at radius 2 is 2.21 bits per heavy atom. The molecule has 3 rings (SSSR count). The Kier molecular flexibility index (Phi) is 2.79. The van der Waals surface area contributed by atoms with Gasteiger partial charge in [0.05, 0.1) is 4.88 Å². The molecule has 3 aromatic rings. The van der Waals surface area contributed by atoms with E-state index in [0.29, 0.717) is 10.7 Å². The van der Waals surface area contributed by atoms with Gasteiger partial charge in [0.2, 0.25) is 0 Å². The zero-order valence-corrected chi connectivity index (χ0v) is 10.8. The summed E-state index contributed by atoms with van der Waals surface area (Å²) in [5, 5.41) is 10.2. The number of hydrogen-bond donors (Lipinski definition) is 2. The van der Waals surface area contributed by atoms with Crippen LogP contribution in [0, 0.1) is 12.7 Å². The predicted octanol–water partition coefficient (Wildman–Crippen LogP) is 3.32. The molecule has 19 heavy (non-hydrogen) atoms. The molecular formula is C13H10FN3OS. The number of nitrogens with one attached hydrogen (secondary N) is 2. The first-order chi connectivity index (χ1) is 9.11. The molecular weight excluding hydrogens is 265 g/mol. The molecule has 2 N–H and O–H groups in total. The highest BCUT2D eigenvalue weighted by atomic mass is 32.1. The summed E-state index contributed by atoms with van der Waals surface area (Å²) in [6.07, 6.45) is 0. The van der Waals surface area contributed by atoms with E-state index in [1.54, 1.807) is 18.2 Å². The zero-order valence-electron chi connectivity index (χ0n) is 10.0. The quantitative estimate of drug-likeness (QED) is 0.753. The predicted molar refractivity (Wildman–Crippen MR) is 73.1 cm³/mol. The first-order valence-electron chi connectivity index (χ1n) is 5.64. The molecule has 1 aromatic carbocycles. The van der Waals surface area contributed by atoms with E-state index in [0.717, 1.165) is 15.8 Å². The van der Waals surface area contributed by atoms with Crippen molar-refractivity contribution >= 4 is 33.1 Å². The average molecular weight is 275 g/mol. The molecule has 0 aliphatic carbocycles. The normalized spacial score (nSPS) is 10.8. The van der Waals surface area contributed by atoms with E-state index < -0.39 is 0 Å². The average Bonchev–Trinajstić information content (AvgIpc) is 2.95. The molecule has 96 valence electrons. The number of rotatable bonds is 2. The van der Waals surface area contributed by atoms with Gasteiger partial charge in [0, 0.05) is 16.5 Å². The van der Waals surface area contributed by atoms with E-state index >= 15 is 0 Å². The molecule has 6 heteroatoms. The minimum Gasteiger partial charge on any atom is -0.304 e. The summed E-state index contributed by atoms with van der Waals surface area (Å²) in [7, 11) is 0. The minimum atomic E-state index is -0.302. The Labute approximate surface area is 112 Å². The molecule has 0 bridgehead atoms. The molecule has 0 spiro atoms. The fourth-order valence-corrected chi connectivity index (χ4v) is 2.76. The first-order valence-corrected chi connectivity index (χ1v) is 6.46. The van der Waals surface area contributed by atoms with Crippen LogP contribution in [0.2, 0.25) is 0 Å². The van der Waals surface area contributed by atoms with Gasteiger partial charge in [0.1, 0.15) is 5.82 Å². The highest BCUT2D eigenvalue weighted by Gasteiger charge is 2.12. The van der Waals surface area contributed by atoms with Crippen LogP contribution >= 0.6 is 11.3 Å². The smallest absolute Gasteiger partial charge is 0.266 e. The number of aromatic nitrogens is 2. The van der Waals surface area contributed by atoms with Gasteiger partial charge in [0.15, 0.2) is 5.82 Å². The number of hydrogen-bond acceptors (Lipinski definition) is 3. The topological polar surface area (TPSA) is 57.8 Å². The Hall–Kier alpha value is -2.21. The van der Waals surface area contributed by atoms with Gasteiger partial charge in [-0.15, -0.1) is 11.3 Å². The van der Waals surface area contributed by atoms with Crippen molar-refractivity contribution in [2.24, 2.45) is 0 Å². The van der Waals surface area contributed by atoms with Gasteiger partial charge in [0.25, 0.3) is 5.91 Å². The number of benzene rings is 1. The Morgan fingerprint density at radius 1 is 1.37 bits per heavy atom. The lowest BCUT2D eigenvalue weighted by atomic mass is 10.2. The highest BCUT2D eigenvalue weighted by Crippen LogP contribution is 2.26. The molecule has 0 unspecified atom stereocenters. The van der Waals surface area contributed by atoms with Gasteiger partial charge in [-0.1, -0.05) is 6.07 Å². The third-order valence-corrected chi connectivity index (χ3v) is 3.75. The number of thiophene rings is 1. The maximum atomic E-state index is 13.1. The SMILES string of the molecule is Cc1cc(NC(=O)c2cc3ccc(F)cc3s2)n[nH]1. The number of nitrogens with zero attached hydrogens (tertiary/aromatic N) is 1. The van der Waals surface area contributed by atoms with Crippen LogP contribution in [-0.4, -0.2) is 16.1 Å². The minimum absolute atomic E-state index is 0.242. The second-order valence-corrected chi connectivity index (χ2v) is 5.27. The molecule has 0 aliphatic heterocycles. The molecule has 0 radical (unpaired) electrons. The molecule has 0 saturated carbocycles. The lowest BCUT2D eigenvalue weighted by Gasteiger charge is -1.97. The third-order valence-electron chi connectivity index (χ3n) is 2.65. The molecule has 2 aromatic heterocycles. The molecule has 0 fully saturated rings. The van der Waals surface area contributed by atoms with E-state index in [1.165, 1.54) is 23.5 Å². The van der Waals surface area contributed by atoms with E-state index in [4.69, 9.17) is 0 Å². The van der Waals surface area contributed by atoms with Gasteiger partial charge in [-0.3, -0.25) is 9.89 Å². The van der Waals surface area contributed by atoms with Crippen molar-refractivity contribution in [1.29, 1.82) is 0 Å². The summed E-state index contributed by atoms with van der Waals surface area (Å²) in [4.78, 5) is 12.6. The summed E-state index contributed by atoms with van der Waals surface area (Å²) in [5.74, 6) is -0.0662. The van der Waals surface area contributed by atoms with E-state index in [1.807, 2.05) is 6.92 Å². The molecule has 0 saturated heterocycles. The van der Waals surface area contributed by atoms with Crippen LogP contribution in [0.5, 0.6) is 0 Å². The molecule has 1 amide bonds. The summed E-state index contributed by atoms with van der Waals surface area (Å²) in [6.45, 7) is 1.85. The summed E-state index contributed by atoms with van der Waals surface area (Å²) >= 11 is 1.26. The Bertz CT molecular complexity index is 762. The number of carbonyl (C=O) groups is 1. The van der Waals surface area contributed by atoms with Crippen molar-refractivity contribution in [2.75, 3.05) is 5.32 Å². The van der Waals surface area contributed by atoms with Crippen LogP contribution in [0.25, 0.3) is 10.1 Å². The van der Waals surface area contributed by atoms with Gasteiger partial charge in [-0.25, -0.2) is 4.39 Å². The fourth-order valence-electron chi connectivity index (χ4n) is 1.78. The molecule has 2 heterocycles. The van der Waals surface area contributed by atoms with Crippen LogP contribution in [0.15, 0.2) is 30.3 Å². The van der Waals surface area contributed by atoms with Crippen molar-refractivity contribution in [2.45, 2.75) is 6.92 Å². The van der Waals surface area contributed by atoms with E-state index in [-0.39, 0.29) is 11.7 Å². The van der Waals surface area contributed by atoms with Gasteiger partial charge in [-0.05, 0) is 30.5 Å². The maximum Gasteiger partial charge on any atom is 0.266 e. The van der Waals surface area contributed by atoms with Crippen molar-refractivity contribution in [3.05, 3.63) is 46.7 Å². The van der Waals surface area contributed by atoms with Crippen LogP contribution in [-0.2, 0) is 0 Å². The lowest BCUT2D eigenvalue weighted by molar-refractivity contribution is 0.103. The standard InChI is InChI=1S/C13H10FN3OS/c1-7-4-12(17-16-7)15-13(18)11-5-8-2-3-9(14)6-10(8)19-11/h2-6H,1H3,(H2,15,16,17,18). The number of aromatic amines is 1. The van der Waals surface area contributed by atoms with Crippen LogP contribution in [0.3, 0.4) is 0 Å². The number of carbonyl (C=O) groups excluding carboxylic acids is 1. The summed E-state index contributed by atoms with van der Waals surface area (Å²) in [6, 6.07) is 7.96. The second-order valence-electron chi connectivity index (χ2n) is 4.18. The van der Waals surface area contributed by atoms with Gasteiger partial charge >= 0.3 is 0 Å². The maximum absolute atomic E-state index is 13.1. The third kappa shape index (κ3) is 2.34. The number of aryl methyl sites for hydroxylation is 1. The van der Waals surface area contributed by atoms with Gasteiger partial charge < -0.3 is 5.32 Å². The Morgan fingerprint density at radius 3 is 2.95 bits per heavy atom. The monoisotopic (exact) mass is 275 g/mol. The largest absolute Gasteiger partial charge is 0.304 e. The zero-order chi connectivity index (χ0) is 13.4. The highest BCUT2D eigenvalue weighted by molar-refractivity contribution is 7.20. The fraction of sp³-hybridized carbons (Fsp3) is 0.0769. The lowest BCUT2D eigenvalue weighted by Crippen LogP contribution is -2.10. The van der Waals surface area contributed by atoms with Gasteiger partial charge in [-0.2, -0.15) is 5.10 Å². The van der Waals surface area contributed by atoms with Crippen molar-refractivity contribution in [1.82, 2.24) is 10.2 Å². The number of anilines is 1. The number of amides is 1. The van der Waals surface area contributed by atoms with Crippen LogP contribution < -0.4 is 5.32 Å². The first kappa shape index (κ1) is 11.9. The molecule has 0 atom stereocenters. The van der Waals surface area contributed by atoms with Crippen LogP contribution in [0.4, 0.5) is 10.2 Å². The van der Waals surface area contributed by atoms with E-state index in [2.05, 4.69) is 15.5 Å². The number of fused-ring (bicyclic) bond motifs is 1. The van der Waals surface area contributed by atoms with Crippen molar-refractivity contribution < 1.29 is 9.18 Å². The van der Waals surface area contributed by atoms with E-state index in [9.17, 15) is 9.18 Å². The summed E-state index contributed by atoms with van der Waals surface area (Å²) < 4.78 is 13.8. The van der Waals surface area contributed by atoms with Crippen LogP contribution in [0.1, 0.15) is 15.4 Å². The number of halogens is 1. The summed E-state index contributed by atoms with van der Waals surface area (Å²) in [5.41, 5.74) is 0.869.